The third-order valence-corrected chi connectivity index (χ3v) is 4.52. The van der Waals surface area contributed by atoms with Gasteiger partial charge in [0.1, 0.15) is 5.75 Å². The number of benzene rings is 3. The third kappa shape index (κ3) is 3.66. The average Bonchev–Trinajstić information content (AvgIpc) is 2.56. The predicted molar refractivity (Wildman–Crippen MR) is 100 cm³/mol. The van der Waals surface area contributed by atoms with Crippen molar-refractivity contribution in [3.63, 3.8) is 0 Å². The molecule has 0 aliphatic carbocycles. The van der Waals surface area contributed by atoms with Gasteiger partial charge >= 0.3 is 5.97 Å². The lowest BCUT2D eigenvalue weighted by Crippen LogP contribution is -2.30. The molecule has 3 aromatic carbocycles. The van der Waals surface area contributed by atoms with Gasteiger partial charge < -0.3 is 9.84 Å². The Bertz CT molecular complexity index is 899. The number of fused-ring (bicyclic) bond motifs is 1. The minimum Gasteiger partial charge on any atom is -0.478 e. The molecule has 0 aliphatic heterocycles. The number of hydrogen-bond donors (Lipinski definition) is 1. The van der Waals surface area contributed by atoms with Crippen LogP contribution in [0, 0.1) is 20.8 Å². The van der Waals surface area contributed by atoms with E-state index in [1.807, 2.05) is 63.2 Å². The number of aliphatic carboxylic acids is 1. The molecule has 0 saturated heterocycles. The van der Waals surface area contributed by atoms with E-state index >= 15 is 0 Å². The fourth-order valence-electron chi connectivity index (χ4n) is 3.35. The molecule has 0 saturated carbocycles. The summed E-state index contributed by atoms with van der Waals surface area (Å²) < 4.78 is 5.93. The first-order valence-corrected chi connectivity index (χ1v) is 8.39. The van der Waals surface area contributed by atoms with Crippen LogP contribution in [-0.4, -0.2) is 17.2 Å². The zero-order valence-corrected chi connectivity index (χ0v) is 14.7. The largest absolute Gasteiger partial charge is 0.478 e. The van der Waals surface area contributed by atoms with E-state index in [0.29, 0.717) is 12.2 Å². The lowest BCUT2D eigenvalue weighted by molar-refractivity contribution is -0.144. The van der Waals surface area contributed by atoms with Crippen LogP contribution >= 0.6 is 0 Å². The Morgan fingerprint density at radius 1 is 1.00 bits per heavy atom. The lowest BCUT2D eigenvalue weighted by atomic mass is 9.95. The number of aryl methyl sites for hydroxylation is 3. The van der Waals surface area contributed by atoms with Crippen molar-refractivity contribution in [1.29, 1.82) is 0 Å². The zero-order valence-electron chi connectivity index (χ0n) is 14.7. The number of carbonyl (C=O) groups is 1. The van der Waals surface area contributed by atoms with E-state index in [1.54, 1.807) is 0 Å². The van der Waals surface area contributed by atoms with Crippen LogP contribution in [0.3, 0.4) is 0 Å². The SMILES string of the molecule is Cc1cc(C)c(CC(Oc2cccc3ccccc23)C(=O)O)c(C)c1. The molecular weight excluding hydrogens is 312 g/mol. The van der Waals surface area contributed by atoms with Gasteiger partial charge in [-0.2, -0.15) is 0 Å². The van der Waals surface area contributed by atoms with Gasteiger partial charge in [0.15, 0.2) is 6.10 Å². The van der Waals surface area contributed by atoms with Gasteiger partial charge in [-0.1, -0.05) is 54.1 Å². The van der Waals surface area contributed by atoms with E-state index in [2.05, 4.69) is 12.1 Å². The molecule has 0 aromatic heterocycles. The Kier molecular flexibility index (Phi) is 4.75. The molecule has 25 heavy (non-hydrogen) atoms. The first-order valence-electron chi connectivity index (χ1n) is 8.39. The quantitative estimate of drug-likeness (QED) is 0.726. The molecule has 3 rings (SSSR count). The first kappa shape index (κ1) is 17.0. The highest BCUT2D eigenvalue weighted by Crippen LogP contribution is 2.27. The second kappa shape index (κ2) is 6.98. The molecule has 0 amide bonds. The highest BCUT2D eigenvalue weighted by Gasteiger charge is 2.22. The van der Waals surface area contributed by atoms with Crippen LogP contribution in [0.5, 0.6) is 5.75 Å². The summed E-state index contributed by atoms with van der Waals surface area (Å²) in [7, 11) is 0. The van der Waals surface area contributed by atoms with Crippen LogP contribution in [0.15, 0.2) is 54.6 Å². The lowest BCUT2D eigenvalue weighted by Gasteiger charge is -2.19. The maximum absolute atomic E-state index is 11.8. The van der Waals surface area contributed by atoms with E-state index in [0.717, 1.165) is 27.5 Å². The molecule has 1 unspecified atom stereocenters. The van der Waals surface area contributed by atoms with Gasteiger partial charge in [0.2, 0.25) is 0 Å². The summed E-state index contributed by atoms with van der Waals surface area (Å²) in [5, 5.41) is 11.6. The topological polar surface area (TPSA) is 46.5 Å². The normalized spacial score (nSPS) is 12.1. The van der Waals surface area contributed by atoms with Crippen molar-refractivity contribution in [2.75, 3.05) is 0 Å². The number of carboxylic acids is 1. The summed E-state index contributed by atoms with van der Waals surface area (Å²) in [5.74, 6) is -0.347. The molecule has 3 aromatic rings. The summed E-state index contributed by atoms with van der Waals surface area (Å²) in [6.07, 6.45) is -0.581. The second-order valence-corrected chi connectivity index (χ2v) is 6.50. The van der Waals surface area contributed by atoms with E-state index in [9.17, 15) is 9.90 Å². The van der Waals surface area contributed by atoms with Gasteiger partial charge in [0.05, 0.1) is 0 Å². The fraction of sp³-hybridized carbons (Fsp3) is 0.227. The Balaban J connectivity index is 1.94. The number of rotatable bonds is 5. The molecule has 0 aliphatic rings. The number of carboxylic acid groups (broad SMARTS) is 1. The van der Waals surface area contributed by atoms with Crippen LogP contribution in [0.2, 0.25) is 0 Å². The second-order valence-electron chi connectivity index (χ2n) is 6.50. The molecule has 0 fully saturated rings. The summed E-state index contributed by atoms with van der Waals surface area (Å²) in [6.45, 7) is 6.09. The molecule has 128 valence electrons. The Morgan fingerprint density at radius 3 is 2.32 bits per heavy atom. The van der Waals surface area contributed by atoms with Crippen LogP contribution in [0.25, 0.3) is 10.8 Å². The average molecular weight is 334 g/mol. The minimum atomic E-state index is -0.952. The van der Waals surface area contributed by atoms with Crippen LogP contribution in [0.4, 0.5) is 0 Å². The van der Waals surface area contributed by atoms with E-state index < -0.39 is 12.1 Å². The van der Waals surface area contributed by atoms with Gasteiger partial charge in [-0.05, 0) is 48.9 Å². The highest BCUT2D eigenvalue weighted by molar-refractivity contribution is 5.88. The number of ether oxygens (including phenoxy) is 1. The minimum absolute atomic E-state index is 0.344. The Morgan fingerprint density at radius 2 is 1.64 bits per heavy atom. The van der Waals surface area contributed by atoms with Gasteiger partial charge in [-0.15, -0.1) is 0 Å². The zero-order chi connectivity index (χ0) is 18.0. The third-order valence-electron chi connectivity index (χ3n) is 4.52. The van der Waals surface area contributed by atoms with E-state index in [4.69, 9.17) is 4.74 Å². The molecule has 3 heteroatoms. The molecule has 3 nitrogen and oxygen atoms in total. The fourth-order valence-corrected chi connectivity index (χ4v) is 3.35. The maximum Gasteiger partial charge on any atom is 0.345 e. The molecule has 1 N–H and O–H groups in total. The maximum atomic E-state index is 11.8. The van der Waals surface area contributed by atoms with Crippen molar-refractivity contribution in [3.05, 3.63) is 76.9 Å². The van der Waals surface area contributed by atoms with Gasteiger partial charge in [0.25, 0.3) is 0 Å². The predicted octanol–water partition coefficient (Wildman–Crippen LogP) is 4.84. The number of hydrogen-bond acceptors (Lipinski definition) is 2. The van der Waals surface area contributed by atoms with Crippen molar-refractivity contribution >= 4 is 16.7 Å². The molecule has 0 radical (unpaired) electrons. The summed E-state index contributed by atoms with van der Waals surface area (Å²) in [4.78, 5) is 11.8. The van der Waals surface area contributed by atoms with Crippen LogP contribution < -0.4 is 4.74 Å². The van der Waals surface area contributed by atoms with E-state index in [-0.39, 0.29) is 0 Å². The van der Waals surface area contributed by atoms with Crippen LogP contribution in [0.1, 0.15) is 22.3 Å². The molecular formula is C22H22O3. The first-order chi connectivity index (χ1) is 12.0. The highest BCUT2D eigenvalue weighted by atomic mass is 16.5. The van der Waals surface area contributed by atoms with Gasteiger partial charge in [-0.25, -0.2) is 4.79 Å². The Hall–Kier alpha value is -2.81. The smallest absolute Gasteiger partial charge is 0.345 e. The molecule has 0 spiro atoms. The van der Waals surface area contributed by atoms with Gasteiger partial charge in [-0.3, -0.25) is 0 Å². The van der Waals surface area contributed by atoms with Crippen molar-refractivity contribution in [2.45, 2.75) is 33.3 Å². The molecule has 0 bridgehead atoms. The molecule has 0 heterocycles. The van der Waals surface area contributed by atoms with Crippen molar-refractivity contribution in [3.8, 4) is 5.75 Å². The standard InChI is InChI=1S/C22H22O3/c1-14-11-15(2)19(16(3)12-14)13-21(22(23)24)25-20-10-6-8-17-7-4-5-9-18(17)20/h4-12,21H,13H2,1-3H3,(H,23,24). The van der Waals surface area contributed by atoms with Crippen molar-refractivity contribution < 1.29 is 14.6 Å². The van der Waals surface area contributed by atoms with Crippen LogP contribution in [-0.2, 0) is 11.2 Å². The molecule has 1 atom stereocenters. The summed E-state index contributed by atoms with van der Waals surface area (Å²) >= 11 is 0. The van der Waals surface area contributed by atoms with Crippen molar-refractivity contribution in [2.24, 2.45) is 0 Å². The van der Waals surface area contributed by atoms with Gasteiger partial charge in [0, 0.05) is 11.8 Å². The van der Waals surface area contributed by atoms with E-state index in [1.165, 1.54) is 5.56 Å². The summed E-state index contributed by atoms with van der Waals surface area (Å²) in [5.41, 5.74) is 4.43. The Labute approximate surface area is 147 Å². The van der Waals surface area contributed by atoms with Crippen molar-refractivity contribution in [1.82, 2.24) is 0 Å². The monoisotopic (exact) mass is 334 g/mol. The summed E-state index contributed by atoms with van der Waals surface area (Å²) in [6, 6.07) is 17.7.